The van der Waals surface area contributed by atoms with Gasteiger partial charge < -0.3 is 19.9 Å². The number of hydrogen-bond donors (Lipinski definition) is 2. The first kappa shape index (κ1) is 17.4. The van der Waals surface area contributed by atoms with E-state index < -0.39 is 17.7 Å². The molecule has 1 amide bonds. The molecule has 0 bridgehead atoms. The van der Waals surface area contributed by atoms with E-state index in [2.05, 4.69) is 17.2 Å². The molecule has 0 saturated carbocycles. The van der Waals surface area contributed by atoms with Crippen LogP contribution in [0.15, 0.2) is 18.2 Å². The Morgan fingerprint density at radius 1 is 1.27 bits per heavy atom. The Bertz CT molecular complexity index is 620. The lowest BCUT2D eigenvalue weighted by Gasteiger charge is -2.19. The maximum absolute atomic E-state index is 11.4. The van der Waals surface area contributed by atoms with Crippen LogP contribution in [0, 0.1) is 11.8 Å². The van der Waals surface area contributed by atoms with Gasteiger partial charge in [-0.2, -0.15) is 0 Å². The molecule has 0 atom stereocenters. The standard InChI is InChI=1S/C16H19NO5/c1-16(2,3)22-15(20)17-7-5-6-11-8-12(14(18)19)10-13(9-11)21-4/h8-10H,7H2,1-4H3,(H,17,20)(H,18,19). The minimum absolute atomic E-state index is 0.0868. The lowest BCUT2D eigenvalue weighted by atomic mass is 10.1. The van der Waals surface area contributed by atoms with Gasteiger partial charge in [-0.15, -0.1) is 0 Å². The van der Waals surface area contributed by atoms with Gasteiger partial charge in [0, 0.05) is 5.56 Å². The smallest absolute Gasteiger partial charge is 0.408 e. The van der Waals surface area contributed by atoms with Crippen molar-refractivity contribution in [1.29, 1.82) is 0 Å². The quantitative estimate of drug-likeness (QED) is 0.837. The van der Waals surface area contributed by atoms with Crippen molar-refractivity contribution in [3.63, 3.8) is 0 Å². The number of carboxylic acids is 1. The molecule has 6 heteroatoms. The topological polar surface area (TPSA) is 84.9 Å². The molecule has 22 heavy (non-hydrogen) atoms. The maximum atomic E-state index is 11.4. The maximum Gasteiger partial charge on any atom is 0.408 e. The summed E-state index contributed by atoms with van der Waals surface area (Å²) in [6, 6.07) is 4.46. The second kappa shape index (κ2) is 7.36. The summed E-state index contributed by atoms with van der Waals surface area (Å²) in [6.45, 7) is 5.39. The van der Waals surface area contributed by atoms with Gasteiger partial charge in [-0.25, -0.2) is 9.59 Å². The summed E-state index contributed by atoms with van der Waals surface area (Å²) < 4.78 is 10.1. The second-order valence-electron chi connectivity index (χ2n) is 5.41. The molecular formula is C16H19NO5. The van der Waals surface area contributed by atoms with Gasteiger partial charge in [-0.3, -0.25) is 0 Å². The van der Waals surface area contributed by atoms with Crippen LogP contribution in [0.3, 0.4) is 0 Å². The monoisotopic (exact) mass is 305 g/mol. The van der Waals surface area contributed by atoms with Crippen LogP contribution in [0.5, 0.6) is 5.75 Å². The molecule has 2 N–H and O–H groups in total. The first-order chi connectivity index (χ1) is 10.2. The Kier molecular flexibility index (Phi) is 5.81. The number of nitrogens with one attached hydrogen (secondary N) is 1. The summed E-state index contributed by atoms with van der Waals surface area (Å²) in [7, 11) is 1.45. The summed E-state index contributed by atoms with van der Waals surface area (Å²) in [5.41, 5.74) is 0.00670. The van der Waals surface area contributed by atoms with Crippen LogP contribution < -0.4 is 10.1 Å². The highest BCUT2D eigenvalue weighted by molar-refractivity contribution is 5.88. The van der Waals surface area contributed by atoms with Gasteiger partial charge in [-0.05, 0) is 39.0 Å². The average Bonchev–Trinajstić information content (AvgIpc) is 2.41. The number of amides is 1. The molecule has 0 unspecified atom stereocenters. The third-order valence-corrected chi connectivity index (χ3v) is 2.34. The highest BCUT2D eigenvalue weighted by Crippen LogP contribution is 2.16. The fourth-order valence-corrected chi connectivity index (χ4v) is 1.49. The first-order valence-corrected chi connectivity index (χ1v) is 6.59. The molecule has 0 spiro atoms. The van der Waals surface area contributed by atoms with Gasteiger partial charge in [-0.1, -0.05) is 11.8 Å². The number of alkyl carbamates (subject to hydrolysis) is 1. The Morgan fingerprint density at radius 2 is 1.95 bits per heavy atom. The number of hydrogen-bond acceptors (Lipinski definition) is 4. The summed E-state index contributed by atoms with van der Waals surface area (Å²) in [4.78, 5) is 22.4. The summed E-state index contributed by atoms with van der Waals surface area (Å²) in [6.07, 6.45) is -0.557. The largest absolute Gasteiger partial charge is 0.497 e. The van der Waals surface area contributed by atoms with E-state index in [4.69, 9.17) is 14.6 Å². The van der Waals surface area contributed by atoms with Gasteiger partial charge in [0.05, 0.1) is 19.2 Å². The molecule has 0 aliphatic heterocycles. The third-order valence-electron chi connectivity index (χ3n) is 2.34. The Labute approximate surface area is 129 Å². The van der Waals surface area contributed by atoms with Crippen molar-refractivity contribution in [3.8, 4) is 17.6 Å². The van der Waals surface area contributed by atoms with Crippen LogP contribution in [0.1, 0.15) is 36.7 Å². The van der Waals surface area contributed by atoms with Crippen molar-refractivity contribution in [2.45, 2.75) is 26.4 Å². The normalized spacial score (nSPS) is 10.2. The predicted molar refractivity (Wildman–Crippen MR) is 81.1 cm³/mol. The minimum atomic E-state index is -1.06. The predicted octanol–water partition coefficient (Wildman–Crippen LogP) is 2.27. The minimum Gasteiger partial charge on any atom is -0.497 e. The number of aromatic carboxylic acids is 1. The van der Waals surface area contributed by atoms with Crippen molar-refractivity contribution in [1.82, 2.24) is 5.32 Å². The van der Waals surface area contributed by atoms with Gasteiger partial charge in [0.15, 0.2) is 0 Å². The second-order valence-corrected chi connectivity index (χ2v) is 5.41. The number of carbonyl (C=O) groups excluding carboxylic acids is 1. The molecular weight excluding hydrogens is 286 g/mol. The van der Waals surface area contributed by atoms with E-state index >= 15 is 0 Å². The highest BCUT2D eigenvalue weighted by atomic mass is 16.6. The average molecular weight is 305 g/mol. The number of rotatable bonds is 3. The van der Waals surface area contributed by atoms with Gasteiger partial charge in [0.1, 0.15) is 11.4 Å². The van der Waals surface area contributed by atoms with Crippen molar-refractivity contribution in [2.75, 3.05) is 13.7 Å². The molecule has 0 aromatic heterocycles. The summed E-state index contributed by atoms with van der Waals surface area (Å²) >= 11 is 0. The van der Waals surface area contributed by atoms with Crippen molar-refractivity contribution < 1.29 is 24.2 Å². The first-order valence-electron chi connectivity index (χ1n) is 6.59. The number of carboxylic acid groups (broad SMARTS) is 1. The molecule has 1 rings (SSSR count). The molecule has 6 nitrogen and oxygen atoms in total. The third kappa shape index (κ3) is 6.18. The lowest BCUT2D eigenvalue weighted by molar-refractivity contribution is 0.0534. The van der Waals surface area contributed by atoms with Crippen LogP contribution in [0.4, 0.5) is 4.79 Å². The molecule has 1 aromatic carbocycles. The number of methoxy groups -OCH3 is 1. The van der Waals surface area contributed by atoms with E-state index in [0.717, 1.165) is 0 Å². The van der Waals surface area contributed by atoms with Crippen LogP contribution in [-0.2, 0) is 4.74 Å². The number of benzene rings is 1. The number of ether oxygens (including phenoxy) is 2. The van der Waals surface area contributed by atoms with Crippen molar-refractivity contribution in [3.05, 3.63) is 29.3 Å². The molecule has 118 valence electrons. The molecule has 0 saturated heterocycles. The van der Waals surface area contributed by atoms with E-state index in [1.165, 1.54) is 19.2 Å². The van der Waals surface area contributed by atoms with Gasteiger partial charge in [0.2, 0.25) is 0 Å². The van der Waals surface area contributed by atoms with Gasteiger partial charge in [0.25, 0.3) is 0 Å². The van der Waals surface area contributed by atoms with E-state index in [0.29, 0.717) is 11.3 Å². The molecule has 0 heterocycles. The Hall–Kier alpha value is -2.68. The van der Waals surface area contributed by atoms with Crippen LogP contribution in [0.25, 0.3) is 0 Å². The molecule has 0 aliphatic carbocycles. The van der Waals surface area contributed by atoms with E-state index in [9.17, 15) is 9.59 Å². The molecule has 0 fully saturated rings. The Balaban J connectivity index is 2.70. The van der Waals surface area contributed by atoms with Crippen LogP contribution in [-0.4, -0.2) is 36.4 Å². The zero-order chi connectivity index (χ0) is 16.8. The fraction of sp³-hybridized carbons (Fsp3) is 0.375. The zero-order valence-electron chi connectivity index (χ0n) is 13.0. The molecule has 0 aliphatic rings. The molecule has 0 radical (unpaired) electrons. The van der Waals surface area contributed by atoms with Gasteiger partial charge >= 0.3 is 12.1 Å². The zero-order valence-corrected chi connectivity index (χ0v) is 13.0. The highest BCUT2D eigenvalue weighted by Gasteiger charge is 2.15. The summed E-state index contributed by atoms with van der Waals surface area (Å²) in [5.74, 6) is 4.84. The van der Waals surface area contributed by atoms with Crippen LogP contribution >= 0.6 is 0 Å². The SMILES string of the molecule is COc1cc(C#CCNC(=O)OC(C)(C)C)cc(C(=O)O)c1. The van der Waals surface area contributed by atoms with Crippen LogP contribution in [0.2, 0.25) is 0 Å². The fourth-order valence-electron chi connectivity index (χ4n) is 1.49. The lowest BCUT2D eigenvalue weighted by Crippen LogP contribution is -2.32. The van der Waals surface area contributed by atoms with Crippen molar-refractivity contribution >= 4 is 12.1 Å². The summed E-state index contributed by atoms with van der Waals surface area (Å²) in [5, 5.41) is 11.5. The van der Waals surface area contributed by atoms with E-state index in [-0.39, 0.29) is 12.1 Å². The van der Waals surface area contributed by atoms with E-state index in [1.807, 2.05) is 0 Å². The van der Waals surface area contributed by atoms with Crippen molar-refractivity contribution in [2.24, 2.45) is 0 Å². The van der Waals surface area contributed by atoms with E-state index in [1.54, 1.807) is 26.8 Å². The Morgan fingerprint density at radius 3 is 2.50 bits per heavy atom. The molecule has 1 aromatic rings. The number of carbonyl (C=O) groups is 2.